The first-order chi connectivity index (χ1) is 12.4. The van der Waals surface area contributed by atoms with Crippen molar-refractivity contribution in [3.05, 3.63) is 46.3 Å². The van der Waals surface area contributed by atoms with Gasteiger partial charge in [-0.05, 0) is 44.0 Å². The second-order valence-corrected chi connectivity index (χ2v) is 6.19. The number of nitrogens with zero attached hydrogens (tertiary/aromatic N) is 1. The van der Waals surface area contributed by atoms with E-state index < -0.39 is 5.97 Å². The molecule has 1 aliphatic rings. The third-order valence-electron chi connectivity index (χ3n) is 4.33. The smallest absolute Gasteiger partial charge is 0.355 e. The summed E-state index contributed by atoms with van der Waals surface area (Å²) in [5.41, 5.74) is 3.00. The minimum absolute atomic E-state index is 0.163. The molecule has 0 bridgehead atoms. The van der Waals surface area contributed by atoms with Gasteiger partial charge in [-0.25, -0.2) is 4.79 Å². The summed E-state index contributed by atoms with van der Waals surface area (Å²) in [5.74, 6) is 0.774. The summed E-state index contributed by atoms with van der Waals surface area (Å²) in [7, 11) is 1.73. The fraction of sp³-hybridized carbons (Fsp3) is 0.368. The number of fused-ring (bicyclic) bond motifs is 1. The Morgan fingerprint density at radius 1 is 1.23 bits per heavy atom. The third-order valence-corrected chi connectivity index (χ3v) is 4.33. The van der Waals surface area contributed by atoms with Crippen LogP contribution < -0.4 is 9.47 Å². The van der Waals surface area contributed by atoms with Gasteiger partial charge >= 0.3 is 5.97 Å². The maximum atomic E-state index is 12.9. The Balaban J connectivity index is 1.79. The Bertz CT molecular complexity index is 856. The van der Waals surface area contributed by atoms with Crippen molar-refractivity contribution in [2.24, 2.45) is 0 Å². The summed E-state index contributed by atoms with van der Waals surface area (Å²) in [6.45, 7) is 6.17. The van der Waals surface area contributed by atoms with Gasteiger partial charge in [-0.1, -0.05) is 6.07 Å². The molecule has 1 aromatic carbocycles. The van der Waals surface area contributed by atoms with E-state index in [1.807, 2.05) is 18.2 Å². The molecule has 0 spiro atoms. The minimum Gasteiger partial charge on any atom is -0.461 e. The van der Waals surface area contributed by atoms with E-state index in [4.69, 9.17) is 14.2 Å². The number of amides is 1. The zero-order valence-electron chi connectivity index (χ0n) is 15.3. The summed E-state index contributed by atoms with van der Waals surface area (Å²) < 4.78 is 15.7. The molecule has 26 heavy (non-hydrogen) atoms. The second-order valence-electron chi connectivity index (χ2n) is 6.19. The van der Waals surface area contributed by atoms with Gasteiger partial charge in [0.2, 0.25) is 6.79 Å². The van der Waals surface area contributed by atoms with Crippen molar-refractivity contribution in [1.29, 1.82) is 0 Å². The molecule has 0 atom stereocenters. The molecule has 7 nitrogen and oxygen atoms in total. The number of esters is 1. The number of carbonyl (C=O) groups is 2. The molecule has 0 saturated carbocycles. The average molecular weight is 358 g/mol. The van der Waals surface area contributed by atoms with Crippen molar-refractivity contribution in [2.75, 3.05) is 20.4 Å². The van der Waals surface area contributed by atoms with E-state index in [0.29, 0.717) is 40.6 Å². The number of carbonyl (C=O) groups excluding carboxylic acids is 2. The highest BCUT2D eigenvalue weighted by molar-refractivity contribution is 6.01. The molecule has 0 unspecified atom stereocenters. The molecule has 138 valence electrons. The predicted octanol–water partition coefficient (Wildman–Crippen LogP) is 2.81. The standard InChI is InChI=1S/C19H22N2O5/c1-5-24-19(23)17-11(2)16(12(3)20-17)18(22)21(4)9-13-6-7-14-15(8-13)26-10-25-14/h6-8,20H,5,9-10H2,1-4H3. The monoisotopic (exact) mass is 358 g/mol. The van der Waals surface area contributed by atoms with Gasteiger partial charge < -0.3 is 24.1 Å². The van der Waals surface area contributed by atoms with Crippen LogP contribution in [-0.2, 0) is 11.3 Å². The lowest BCUT2D eigenvalue weighted by atomic mass is 10.1. The largest absolute Gasteiger partial charge is 0.461 e. The van der Waals surface area contributed by atoms with Crippen LogP contribution in [0.15, 0.2) is 18.2 Å². The number of hydrogen-bond donors (Lipinski definition) is 1. The van der Waals surface area contributed by atoms with Crippen molar-refractivity contribution < 1.29 is 23.8 Å². The van der Waals surface area contributed by atoms with Gasteiger partial charge in [0.25, 0.3) is 5.91 Å². The van der Waals surface area contributed by atoms with E-state index in [9.17, 15) is 9.59 Å². The summed E-state index contributed by atoms with van der Waals surface area (Å²) >= 11 is 0. The first-order valence-corrected chi connectivity index (χ1v) is 8.42. The molecule has 1 amide bonds. The third kappa shape index (κ3) is 3.24. The van der Waals surface area contributed by atoms with E-state index in [0.717, 1.165) is 5.56 Å². The first-order valence-electron chi connectivity index (χ1n) is 8.42. The maximum absolute atomic E-state index is 12.9. The normalized spacial score (nSPS) is 12.2. The SMILES string of the molecule is CCOC(=O)c1[nH]c(C)c(C(=O)N(C)Cc2ccc3c(c2)OCO3)c1C. The van der Waals surface area contributed by atoms with Gasteiger partial charge in [0.1, 0.15) is 5.69 Å². The number of H-pyrrole nitrogens is 1. The molecule has 0 aliphatic carbocycles. The van der Waals surface area contributed by atoms with Gasteiger partial charge in [-0.2, -0.15) is 0 Å². The fourth-order valence-electron chi connectivity index (χ4n) is 3.05. The van der Waals surface area contributed by atoms with Crippen molar-refractivity contribution in [2.45, 2.75) is 27.3 Å². The van der Waals surface area contributed by atoms with Crippen LogP contribution in [0.2, 0.25) is 0 Å². The van der Waals surface area contributed by atoms with Crippen LogP contribution in [0, 0.1) is 13.8 Å². The van der Waals surface area contributed by atoms with Crippen LogP contribution in [0.3, 0.4) is 0 Å². The summed E-state index contributed by atoms with van der Waals surface area (Å²) in [6.07, 6.45) is 0. The van der Waals surface area contributed by atoms with Crippen molar-refractivity contribution in [3.63, 3.8) is 0 Å². The molecule has 2 heterocycles. The number of benzene rings is 1. The number of aryl methyl sites for hydroxylation is 1. The van der Waals surface area contributed by atoms with E-state index in [1.54, 1.807) is 32.7 Å². The Morgan fingerprint density at radius 3 is 2.69 bits per heavy atom. The Hall–Kier alpha value is -2.96. The van der Waals surface area contributed by atoms with E-state index >= 15 is 0 Å². The van der Waals surface area contributed by atoms with Crippen LogP contribution in [0.5, 0.6) is 11.5 Å². The summed E-state index contributed by atoms with van der Waals surface area (Å²) in [5, 5.41) is 0. The van der Waals surface area contributed by atoms with Crippen LogP contribution >= 0.6 is 0 Å². The minimum atomic E-state index is -0.453. The van der Waals surface area contributed by atoms with E-state index in [1.165, 1.54) is 0 Å². The highest BCUT2D eigenvalue weighted by Gasteiger charge is 2.25. The lowest BCUT2D eigenvalue weighted by molar-refractivity contribution is 0.0519. The van der Waals surface area contributed by atoms with Crippen LogP contribution in [0.1, 0.15) is 44.6 Å². The van der Waals surface area contributed by atoms with E-state index in [-0.39, 0.29) is 19.3 Å². The molecule has 2 aromatic rings. The van der Waals surface area contributed by atoms with Gasteiger partial charge in [0.05, 0.1) is 12.2 Å². The molecule has 1 aliphatic heterocycles. The summed E-state index contributed by atoms with van der Waals surface area (Å²) in [6, 6.07) is 5.60. The van der Waals surface area contributed by atoms with Crippen molar-refractivity contribution in [3.8, 4) is 11.5 Å². The van der Waals surface area contributed by atoms with Gasteiger partial charge in [0, 0.05) is 19.3 Å². The molecule has 0 radical (unpaired) electrons. The molecule has 0 saturated heterocycles. The molecular weight excluding hydrogens is 336 g/mol. The zero-order valence-corrected chi connectivity index (χ0v) is 15.3. The van der Waals surface area contributed by atoms with Crippen LogP contribution in [0.25, 0.3) is 0 Å². The average Bonchev–Trinajstić information content (AvgIpc) is 3.18. The van der Waals surface area contributed by atoms with Crippen molar-refractivity contribution in [1.82, 2.24) is 9.88 Å². The number of nitrogens with one attached hydrogen (secondary N) is 1. The van der Waals surface area contributed by atoms with Crippen LogP contribution in [-0.4, -0.2) is 42.2 Å². The van der Waals surface area contributed by atoms with Gasteiger partial charge in [0.15, 0.2) is 11.5 Å². The summed E-state index contributed by atoms with van der Waals surface area (Å²) in [4.78, 5) is 29.5. The zero-order chi connectivity index (χ0) is 18.8. The van der Waals surface area contributed by atoms with Gasteiger partial charge in [-0.15, -0.1) is 0 Å². The molecule has 1 N–H and O–H groups in total. The molecule has 0 fully saturated rings. The number of aromatic amines is 1. The highest BCUT2D eigenvalue weighted by atomic mass is 16.7. The first kappa shape index (κ1) is 17.8. The van der Waals surface area contributed by atoms with Crippen LogP contribution in [0.4, 0.5) is 0 Å². The maximum Gasteiger partial charge on any atom is 0.355 e. The Morgan fingerprint density at radius 2 is 1.96 bits per heavy atom. The fourth-order valence-corrected chi connectivity index (χ4v) is 3.05. The lowest BCUT2D eigenvalue weighted by Gasteiger charge is -2.18. The lowest BCUT2D eigenvalue weighted by Crippen LogP contribution is -2.27. The number of aromatic nitrogens is 1. The number of hydrogen-bond acceptors (Lipinski definition) is 5. The predicted molar refractivity (Wildman–Crippen MR) is 94.6 cm³/mol. The second kappa shape index (κ2) is 7.11. The molecule has 3 rings (SSSR count). The van der Waals surface area contributed by atoms with Crippen molar-refractivity contribution >= 4 is 11.9 Å². The number of ether oxygens (including phenoxy) is 3. The number of rotatable bonds is 5. The van der Waals surface area contributed by atoms with Gasteiger partial charge in [-0.3, -0.25) is 4.79 Å². The Kier molecular flexibility index (Phi) is 4.88. The Labute approximate surface area is 151 Å². The molecule has 7 heteroatoms. The molecular formula is C19H22N2O5. The highest BCUT2D eigenvalue weighted by Crippen LogP contribution is 2.33. The van der Waals surface area contributed by atoms with E-state index in [2.05, 4.69) is 4.98 Å². The quantitative estimate of drug-likeness (QED) is 0.831. The molecule has 1 aromatic heterocycles. The topological polar surface area (TPSA) is 80.9 Å².